The van der Waals surface area contributed by atoms with Gasteiger partial charge in [-0.1, -0.05) is 12.7 Å². The number of ether oxygens (including phenoxy) is 2. The summed E-state index contributed by atoms with van der Waals surface area (Å²) in [4.78, 5) is 3.90. The van der Waals surface area contributed by atoms with Gasteiger partial charge in [0.1, 0.15) is 13.2 Å². The van der Waals surface area contributed by atoms with E-state index in [0.717, 1.165) is 0 Å². The Labute approximate surface area is 54.0 Å². The summed E-state index contributed by atoms with van der Waals surface area (Å²) in [6.45, 7) is 5.32. The van der Waals surface area contributed by atoms with E-state index in [1.807, 2.05) is 0 Å². The molecule has 1 aliphatic rings. The third kappa shape index (κ3) is 1.76. The second kappa shape index (κ2) is 3.12. The van der Waals surface area contributed by atoms with Gasteiger partial charge in [-0.2, -0.15) is 0 Å². The summed E-state index contributed by atoms with van der Waals surface area (Å²) in [5.74, 6) is 0. The first-order valence-electron chi connectivity index (χ1n) is 2.84. The molecule has 1 aliphatic heterocycles. The number of aliphatic imine (C=N–C) groups is 1. The summed E-state index contributed by atoms with van der Waals surface area (Å²) in [7, 11) is 0. The Bertz CT molecular complexity index is 131. The zero-order valence-corrected chi connectivity index (χ0v) is 5.17. The highest BCUT2D eigenvalue weighted by Crippen LogP contribution is 1.94. The number of rotatable bonds is 2. The molecule has 0 N–H and O–H groups in total. The Kier molecular flexibility index (Phi) is 2.13. The van der Waals surface area contributed by atoms with Crippen LogP contribution >= 0.6 is 0 Å². The lowest BCUT2D eigenvalue weighted by Gasteiger charge is -1.99. The van der Waals surface area contributed by atoms with E-state index < -0.39 is 0 Å². The van der Waals surface area contributed by atoms with Crippen LogP contribution in [0.4, 0.5) is 0 Å². The molecule has 0 fully saturated rings. The maximum atomic E-state index is 4.96. The quantitative estimate of drug-likeness (QED) is 0.508. The SMILES string of the molecule is C=CCOC1=NCCO1. The Morgan fingerprint density at radius 1 is 1.89 bits per heavy atom. The van der Waals surface area contributed by atoms with Crippen LogP contribution < -0.4 is 0 Å². The molecule has 0 aromatic heterocycles. The van der Waals surface area contributed by atoms with Gasteiger partial charge in [0, 0.05) is 0 Å². The molecule has 0 radical (unpaired) electrons. The van der Waals surface area contributed by atoms with Crippen LogP contribution in [0.15, 0.2) is 17.6 Å². The van der Waals surface area contributed by atoms with Crippen molar-refractivity contribution in [3.63, 3.8) is 0 Å². The van der Waals surface area contributed by atoms with Crippen molar-refractivity contribution in [2.75, 3.05) is 19.8 Å². The van der Waals surface area contributed by atoms with Crippen molar-refractivity contribution >= 4 is 6.08 Å². The minimum absolute atomic E-state index is 0.398. The fraction of sp³-hybridized carbons (Fsp3) is 0.500. The maximum absolute atomic E-state index is 4.96. The third-order valence-electron chi connectivity index (χ3n) is 0.882. The van der Waals surface area contributed by atoms with E-state index in [-0.39, 0.29) is 0 Å². The molecule has 50 valence electrons. The van der Waals surface area contributed by atoms with Crippen molar-refractivity contribution < 1.29 is 9.47 Å². The monoisotopic (exact) mass is 127 g/mol. The van der Waals surface area contributed by atoms with Gasteiger partial charge in [0.2, 0.25) is 0 Å². The van der Waals surface area contributed by atoms with E-state index in [0.29, 0.717) is 25.8 Å². The van der Waals surface area contributed by atoms with E-state index in [4.69, 9.17) is 9.47 Å². The lowest BCUT2D eigenvalue weighted by atomic mass is 10.7. The van der Waals surface area contributed by atoms with E-state index in [1.54, 1.807) is 6.08 Å². The molecular formula is C6H9NO2. The molecule has 0 amide bonds. The predicted molar refractivity (Wildman–Crippen MR) is 34.4 cm³/mol. The molecule has 0 saturated carbocycles. The van der Waals surface area contributed by atoms with Gasteiger partial charge in [-0.3, -0.25) is 0 Å². The molecule has 0 bridgehead atoms. The van der Waals surface area contributed by atoms with Crippen LogP contribution in [0.1, 0.15) is 0 Å². The third-order valence-corrected chi connectivity index (χ3v) is 0.882. The number of hydrogen-bond acceptors (Lipinski definition) is 3. The Balaban J connectivity index is 2.18. The topological polar surface area (TPSA) is 30.8 Å². The van der Waals surface area contributed by atoms with Gasteiger partial charge in [-0.25, -0.2) is 4.99 Å². The molecule has 0 unspecified atom stereocenters. The maximum Gasteiger partial charge on any atom is 0.383 e. The summed E-state index contributed by atoms with van der Waals surface area (Å²) >= 11 is 0. The highest BCUT2D eigenvalue weighted by molar-refractivity contribution is 5.68. The first-order valence-corrected chi connectivity index (χ1v) is 2.84. The second-order valence-electron chi connectivity index (χ2n) is 1.60. The van der Waals surface area contributed by atoms with E-state index >= 15 is 0 Å². The minimum atomic E-state index is 0.398. The minimum Gasteiger partial charge on any atom is -0.449 e. The molecule has 9 heavy (non-hydrogen) atoms. The first kappa shape index (κ1) is 6.13. The lowest BCUT2D eigenvalue weighted by Crippen LogP contribution is -2.04. The predicted octanol–water partition coefficient (Wildman–Crippen LogP) is 0.575. The average molecular weight is 127 g/mol. The molecule has 0 aromatic carbocycles. The van der Waals surface area contributed by atoms with Crippen molar-refractivity contribution in [1.82, 2.24) is 0 Å². The molecule has 0 atom stereocenters. The summed E-state index contributed by atoms with van der Waals surface area (Å²) in [5.41, 5.74) is 0. The molecule has 3 heteroatoms. The van der Waals surface area contributed by atoms with Gasteiger partial charge < -0.3 is 9.47 Å². The summed E-state index contributed by atoms with van der Waals surface area (Å²) in [6, 6.07) is 0. The number of nitrogens with zero attached hydrogens (tertiary/aromatic N) is 1. The van der Waals surface area contributed by atoms with Crippen molar-refractivity contribution in [2.45, 2.75) is 0 Å². The average Bonchev–Trinajstić information content (AvgIpc) is 2.34. The standard InChI is InChI=1S/C6H9NO2/c1-2-4-8-6-7-3-5-9-6/h2H,1,3-5H2. The van der Waals surface area contributed by atoms with Crippen LogP contribution in [-0.2, 0) is 9.47 Å². The van der Waals surface area contributed by atoms with Crippen LogP contribution in [0.25, 0.3) is 0 Å². The Hall–Kier alpha value is -0.990. The zero-order chi connectivity index (χ0) is 6.53. The smallest absolute Gasteiger partial charge is 0.383 e. The van der Waals surface area contributed by atoms with Crippen LogP contribution in [0.5, 0.6) is 0 Å². The second-order valence-corrected chi connectivity index (χ2v) is 1.60. The molecular weight excluding hydrogens is 118 g/mol. The van der Waals surface area contributed by atoms with Crippen LogP contribution in [0.2, 0.25) is 0 Å². The van der Waals surface area contributed by atoms with Crippen LogP contribution in [-0.4, -0.2) is 25.8 Å². The molecule has 0 spiro atoms. The van der Waals surface area contributed by atoms with Crippen LogP contribution in [0, 0.1) is 0 Å². The number of hydrogen-bond donors (Lipinski definition) is 0. The fourth-order valence-electron chi connectivity index (χ4n) is 0.533. The highest BCUT2D eigenvalue weighted by atomic mass is 16.7. The van der Waals surface area contributed by atoms with Crippen molar-refractivity contribution in [2.24, 2.45) is 4.99 Å². The van der Waals surface area contributed by atoms with Gasteiger partial charge in [-0.15, -0.1) is 0 Å². The van der Waals surface area contributed by atoms with Crippen molar-refractivity contribution in [1.29, 1.82) is 0 Å². The van der Waals surface area contributed by atoms with Gasteiger partial charge >= 0.3 is 6.08 Å². The van der Waals surface area contributed by atoms with Gasteiger partial charge in [0.15, 0.2) is 0 Å². The fourth-order valence-corrected chi connectivity index (χ4v) is 0.533. The molecule has 1 rings (SSSR count). The van der Waals surface area contributed by atoms with Crippen LogP contribution in [0.3, 0.4) is 0 Å². The first-order chi connectivity index (χ1) is 4.43. The molecule has 3 nitrogen and oxygen atoms in total. The Morgan fingerprint density at radius 2 is 2.78 bits per heavy atom. The van der Waals surface area contributed by atoms with E-state index in [1.165, 1.54) is 0 Å². The molecule has 0 saturated heterocycles. The van der Waals surface area contributed by atoms with Gasteiger partial charge in [0.25, 0.3) is 0 Å². The van der Waals surface area contributed by atoms with Gasteiger partial charge in [-0.05, 0) is 0 Å². The summed E-state index contributed by atoms with van der Waals surface area (Å²) < 4.78 is 9.90. The lowest BCUT2D eigenvalue weighted by molar-refractivity contribution is 0.209. The largest absolute Gasteiger partial charge is 0.449 e. The summed E-state index contributed by atoms with van der Waals surface area (Å²) in [6.07, 6.45) is 2.06. The molecule has 0 aliphatic carbocycles. The molecule has 0 aromatic rings. The normalized spacial score (nSPS) is 16.2. The van der Waals surface area contributed by atoms with Crippen molar-refractivity contribution in [3.8, 4) is 0 Å². The van der Waals surface area contributed by atoms with E-state index in [2.05, 4.69) is 11.6 Å². The zero-order valence-electron chi connectivity index (χ0n) is 5.17. The Morgan fingerprint density at radius 3 is 3.33 bits per heavy atom. The highest BCUT2D eigenvalue weighted by Gasteiger charge is 2.05. The van der Waals surface area contributed by atoms with Gasteiger partial charge in [0.05, 0.1) is 6.54 Å². The van der Waals surface area contributed by atoms with Crippen molar-refractivity contribution in [3.05, 3.63) is 12.7 Å². The summed E-state index contributed by atoms with van der Waals surface area (Å²) in [5, 5.41) is 0. The molecule has 1 heterocycles. The van der Waals surface area contributed by atoms with E-state index in [9.17, 15) is 0 Å².